The molecule has 0 aromatic rings. The van der Waals surface area contributed by atoms with Gasteiger partial charge in [-0.2, -0.15) is 0 Å². The van der Waals surface area contributed by atoms with Crippen LogP contribution in [-0.2, 0) is 9.53 Å². The zero-order valence-corrected chi connectivity index (χ0v) is 12.9. The maximum Gasteiger partial charge on any atom is 0.310 e. The summed E-state index contributed by atoms with van der Waals surface area (Å²) in [5.74, 6) is 0.857. The van der Waals surface area contributed by atoms with Gasteiger partial charge in [-0.25, -0.2) is 0 Å². The van der Waals surface area contributed by atoms with Gasteiger partial charge in [0.15, 0.2) is 0 Å². The van der Waals surface area contributed by atoms with Crippen molar-refractivity contribution in [2.75, 3.05) is 33.4 Å². The quantitative estimate of drug-likeness (QED) is 0.696. The van der Waals surface area contributed by atoms with Crippen molar-refractivity contribution in [3.8, 4) is 0 Å². The predicted octanol–water partition coefficient (Wildman–Crippen LogP) is 2.63. The molecule has 0 aliphatic heterocycles. The molecule has 0 aromatic heterocycles. The number of hydrogen-bond acceptors (Lipinski definition) is 3. The Morgan fingerprint density at radius 3 is 2.50 bits per heavy atom. The van der Waals surface area contributed by atoms with Crippen molar-refractivity contribution in [3.63, 3.8) is 0 Å². The van der Waals surface area contributed by atoms with Gasteiger partial charge in [0.2, 0.25) is 0 Å². The van der Waals surface area contributed by atoms with Crippen molar-refractivity contribution < 1.29 is 14.6 Å². The monoisotopic (exact) mass is 283 g/mol. The molecule has 0 aromatic carbocycles. The topological polar surface area (TPSA) is 49.8 Å². The third-order valence-electron chi connectivity index (χ3n) is 4.93. The van der Waals surface area contributed by atoms with Crippen molar-refractivity contribution in [2.24, 2.45) is 17.3 Å². The lowest BCUT2D eigenvalue weighted by molar-refractivity contribution is -0.153. The predicted molar refractivity (Wildman–Crippen MR) is 78.7 cm³/mol. The van der Waals surface area contributed by atoms with E-state index < -0.39 is 11.4 Å². The van der Waals surface area contributed by atoms with Gasteiger partial charge < -0.3 is 14.7 Å². The SMILES string of the molecule is CC1CCC(CN(C)CCOCC2CC2)(C(=O)O)CC1. The van der Waals surface area contributed by atoms with Crippen molar-refractivity contribution in [3.05, 3.63) is 0 Å². The highest BCUT2D eigenvalue weighted by Crippen LogP contribution is 2.39. The van der Waals surface area contributed by atoms with Gasteiger partial charge in [-0.05, 0) is 57.4 Å². The fraction of sp³-hybridized carbons (Fsp3) is 0.938. The Balaban J connectivity index is 1.73. The zero-order valence-electron chi connectivity index (χ0n) is 12.9. The average molecular weight is 283 g/mol. The third kappa shape index (κ3) is 4.45. The molecule has 2 rings (SSSR count). The molecule has 2 aliphatic carbocycles. The summed E-state index contributed by atoms with van der Waals surface area (Å²) in [4.78, 5) is 13.8. The normalized spacial score (nSPS) is 30.6. The van der Waals surface area contributed by atoms with Gasteiger partial charge in [-0.3, -0.25) is 4.79 Å². The summed E-state index contributed by atoms with van der Waals surface area (Å²) in [7, 11) is 2.02. The lowest BCUT2D eigenvalue weighted by atomic mass is 9.70. The zero-order chi connectivity index (χ0) is 14.6. The summed E-state index contributed by atoms with van der Waals surface area (Å²) in [6, 6.07) is 0. The molecule has 0 saturated heterocycles. The molecule has 0 unspecified atom stereocenters. The molecule has 0 amide bonds. The maximum atomic E-state index is 11.7. The highest BCUT2D eigenvalue weighted by atomic mass is 16.5. The molecule has 2 saturated carbocycles. The lowest BCUT2D eigenvalue weighted by Gasteiger charge is -2.38. The first-order chi connectivity index (χ1) is 9.52. The summed E-state index contributed by atoms with van der Waals surface area (Å²) in [5, 5.41) is 9.62. The van der Waals surface area contributed by atoms with Gasteiger partial charge in [0.05, 0.1) is 12.0 Å². The summed E-state index contributed by atoms with van der Waals surface area (Å²) in [6.07, 6.45) is 6.34. The number of carboxylic acids is 1. The van der Waals surface area contributed by atoms with E-state index in [1.54, 1.807) is 0 Å². The Morgan fingerprint density at radius 2 is 1.95 bits per heavy atom. The Morgan fingerprint density at radius 1 is 1.30 bits per heavy atom. The molecular formula is C16H29NO3. The van der Waals surface area contributed by atoms with E-state index >= 15 is 0 Å². The smallest absolute Gasteiger partial charge is 0.310 e. The van der Waals surface area contributed by atoms with Crippen molar-refractivity contribution >= 4 is 5.97 Å². The number of ether oxygens (including phenoxy) is 1. The van der Waals surface area contributed by atoms with E-state index in [4.69, 9.17) is 4.74 Å². The van der Waals surface area contributed by atoms with Crippen LogP contribution >= 0.6 is 0 Å². The van der Waals surface area contributed by atoms with E-state index in [1.807, 2.05) is 7.05 Å². The number of carbonyl (C=O) groups is 1. The van der Waals surface area contributed by atoms with Crippen LogP contribution < -0.4 is 0 Å². The second-order valence-corrected chi connectivity index (χ2v) is 7.02. The summed E-state index contributed by atoms with van der Waals surface area (Å²) >= 11 is 0. The number of nitrogens with zero attached hydrogens (tertiary/aromatic N) is 1. The van der Waals surface area contributed by atoms with Gasteiger partial charge in [0.25, 0.3) is 0 Å². The van der Waals surface area contributed by atoms with E-state index in [1.165, 1.54) is 12.8 Å². The van der Waals surface area contributed by atoms with Crippen LogP contribution in [0, 0.1) is 17.3 Å². The first kappa shape index (κ1) is 15.8. The summed E-state index contributed by atoms with van der Waals surface area (Å²) < 4.78 is 5.64. The molecule has 2 fully saturated rings. The molecule has 4 nitrogen and oxygen atoms in total. The number of likely N-dealkylation sites (N-methyl/N-ethyl adjacent to an activating group) is 1. The number of rotatable bonds is 8. The summed E-state index contributed by atoms with van der Waals surface area (Å²) in [5.41, 5.74) is -0.530. The van der Waals surface area contributed by atoms with Crippen LogP contribution in [0.25, 0.3) is 0 Å². The van der Waals surface area contributed by atoms with Crippen LogP contribution in [0.3, 0.4) is 0 Å². The second-order valence-electron chi connectivity index (χ2n) is 7.02. The van der Waals surface area contributed by atoms with Crippen LogP contribution in [0.5, 0.6) is 0 Å². The van der Waals surface area contributed by atoms with Gasteiger partial charge >= 0.3 is 5.97 Å². The largest absolute Gasteiger partial charge is 0.481 e. The Hall–Kier alpha value is -0.610. The number of carboxylic acid groups (broad SMARTS) is 1. The number of hydrogen-bond donors (Lipinski definition) is 1. The minimum absolute atomic E-state index is 0.530. The minimum atomic E-state index is -0.616. The van der Waals surface area contributed by atoms with Crippen LogP contribution in [0.1, 0.15) is 45.4 Å². The van der Waals surface area contributed by atoms with Crippen LogP contribution in [0.4, 0.5) is 0 Å². The molecule has 20 heavy (non-hydrogen) atoms. The third-order valence-corrected chi connectivity index (χ3v) is 4.93. The molecule has 116 valence electrons. The van der Waals surface area contributed by atoms with Crippen LogP contribution in [0.2, 0.25) is 0 Å². The van der Waals surface area contributed by atoms with Gasteiger partial charge in [-0.1, -0.05) is 6.92 Å². The van der Waals surface area contributed by atoms with Crippen LogP contribution in [-0.4, -0.2) is 49.3 Å². The van der Waals surface area contributed by atoms with Gasteiger partial charge in [0.1, 0.15) is 0 Å². The minimum Gasteiger partial charge on any atom is -0.481 e. The molecule has 0 radical (unpaired) electrons. The molecule has 1 N–H and O–H groups in total. The molecule has 4 heteroatoms. The van der Waals surface area contributed by atoms with E-state index in [9.17, 15) is 9.90 Å². The lowest BCUT2D eigenvalue weighted by Crippen LogP contribution is -2.45. The van der Waals surface area contributed by atoms with E-state index in [0.29, 0.717) is 12.5 Å². The van der Waals surface area contributed by atoms with Gasteiger partial charge in [-0.15, -0.1) is 0 Å². The average Bonchev–Trinajstić information content (AvgIpc) is 3.21. The standard InChI is InChI=1S/C16H29NO3/c1-13-5-7-16(8-6-13,15(18)19)12-17(2)9-10-20-11-14-3-4-14/h13-14H,3-12H2,1-2H3,(H,18,19). The molecular weight excluding hydrogens is 254 g/mol. The van der Waals surface area contributed by atoms with E-state index in [0.717, 1.165) is 51.4 Å². The Labute approximate surface area is 122 Å². The molecule has 0 spiro atoms. The molecule has 0 bridgehead atoms. The Bertz CT molecular complexity index is 320. The second kappa shape index (κ2) is 6.90. The van der Waals surface area contributed by atoms with Gasteiger partial charge in [0, 0.05) is 19.7 Å². The van der Waals surface area contributed by atoms with E-state index in [-0.39, 0.29) is 0 Å². The highest BCUT2D eigenvalue weighted by molar-refractivity contribution is 5.75. The number of aliphatic carboxylic acids is 1. The fourth-order valence-electron chi connectivity index (χ4n) is 3.10. The molecule has 2 aliphatic rings. The maximum absolute atomic E-state index is 11.7. The van der Waals surface area contributed by atoms with Crippen molar-refractivity contribution in [1.29, 1.82) is 0 Å². The van der Waals surface area contributed by atoms with Crippen molar-refractivity contribution in [1.82, 2.24) is 4.90 Å². The first-order valence-corrected chi connectivity index (χ1v) is 8.01. The van der Waals surface area contributed by atoms with Crippen LogP contribution in [0.15, 0.2) is 0 Å². The Kier molecular flexibility index (Phi) is 5.44. The summed E-state index contributed by atoms with van der Waals surface area (Å²) in [6.45, 7) is 5.31. The van der Waals surface area contributed by atoms with Crippen molar-refractivity contribution in [2.45, 2.75) is 45.4 Å². The van der Waals surface area contributed by atoms with E-state index in [2.05, 4.69) is 11.8 Å². The molecule has 0 atom stereocenters. The molecule has 0 heterocycles. The first-order valence-electron chi connectivity index (χ1n) is 8.01. The highest BCUT2D eigenvalue weighted by Gasteiger charge is 2.41. The fourth-order valence-corrected chi connectivity index (χ4v) is 3.10.